The molecule has 0 atom stereocenters. The van der Waals surface area contributed by atoms with Crippen LogP contribution in [0, 0.1) is 0 Å². The average molecular weight is 284 g/mol. The van der Waals surface area contributed by atoms with Gasteiger partial charge < -0.3 is 10.5 Å². The van der Waals surface area contributed by atoms with Crippen molar-refractivity contribution in [3.63, 3.8) is 0 Å². The van der Waals surface area contributed by atoms with Gasteiger partial charge >= 0.3 is 0 Å². The highest BCUT2D eigenvalue weighted by molar-refractivity contribution is 6.00. The Kier molecular flexibility index (Phi) is 3.41. The number of rotatable bonds is 3. The summed E-state index contributed by atoms with van der Waals surface area (Å²) >= 11 is 0. The molecule has 2 aromatic rings. The summed E-state index contributed by atoms with van der Waals surface area (Å²) in [5, 5.41) is 19.0. The van der Waals surface area contributed by atoms with Gasteiger partial charge in [-0.3, -0.25) is 4.68 Å². The van der Waals surface area contributed by atoms with Crippen molar-refractivity contribution >= 4 is 5.71 Å². The van der Waals surface area contributed by atoms with Crippen LogP contribution in [0.4, 0.5) is 0 Å². The minimum absolute atomic E-state index is 0.187. The molecule has 21 heavy (non-hydrogen) atoms. The number of nitrogens with zero attached hydrogens (tertiary/aromatic N) is 3. The van der Waals surface area contributed by atoms with Crippen molar-refractivity contribution in [2.45, 2.75) is 26.2 Å². The van der Waals surface area contributed by atoms with Crippen molar-refractivity contribution in [3.05, 3.63) is 35.0 Å². The van der Waals surface area contributed by atoms with Gasteiger partial charge in [-0.2, -0.15) is 10.2 Å². The van der Waals surface area contributed by atoms with Crippen LogP contribution in [-0.4, -0.2) is 27.6 Å². The highest BCUT2D eigenvalue weighted by atomic mass is 16.3. The predicted molar refractivity (Wildman–Crippen MR) is 83.6 cm³/mol. The Labute approximate surface area is 124 Å². The third kappa shape index (κ3) is 2.28. The van der Waals surface area contributed by atoms with Gasteiger partial charge in [-0.05, 0) is 43.4 Å². The minimum Gasteiger partial charge on any atom is -0.504 e. The molecule has 0 saturated carbocycles. The molecule has 0 fully saturated rings. The van der Waals surface area contributed by atoms with Crippen LogP contribution < -0.4 is 5.43 Å². The second-order valence-corrected chi connectivity index (χ2v) is 5.43. The molecule has 5 nitrogen and oxygen atoms in total. The average Bonchev–Trinajstić information content (AvgIpc) is 3.03. The lowest BCUT2D eigenvalue weighted by Crippen LogP contribution is -2.04. The molecule has 1 aromatic heterocycles. The van der Waals surface area contributed by atoms with E-state index >= 15 is 0 Å². The molecular formula is C16H20N4O. The first-order valence-electron chi connectivity index (χ1n) is 7.21. The summed E-state index contributed by atoms with van der Waals surface area (Å²) in [6.07, 6.45) is 3.50. The Morgan fingerprint density at radius 2 is 2.10 bits per heavy atom. The number of nitrogens with one attached hydrogen (secondary N) is 1. The number of hydrogen-bond donors (Lipinski definition) is 2. The standard InChI is InChI=1S/C16H20N4O/c1-10(18-17-2)14-16(21)15(20(3)19-14)13-8-7-11-5-4-6-12(11)9-13/h7-9,17,21H,4-6H2,1-3H3/b18-10+. The molecule has 0 aliphatic heterocycles. The smallest absolute Gasteiger partial charge is 0.171 e. The van der Waals surface area contributed by atoms with Crippen LogP contribution in [0.5, 0.6) is 5.75 Å². The van der Waals surface area contributed by atoms with Gasteiger partial charge in [0.2, 0.25) is 0 Å². The summed E-state index contributed by atoms with van der Waals surface area (Å²) in [6.45, 7) is 1.82. The van der Waals surface area contributed by atoms with Gasteiger partial charge in [0.1, 0.15) is 5.69 Å². The summed E-state index contributed by atoms with van der Waals surface area (Å²) < 4.78 is 1.72. The maximum atomic E-state index is 10.5. The van der Waals surface area contributed by atoms with Crippen LogP contribution in [0.3, 0.4) is 0 Å². The lowest BCUT2D eigenvalue weighted by molar-refractivity contribution is 0.475. The summed E-state index contributed by atoms with van der Waals surface area (Å²) in [5.74, 6) is 0.187. The van der Waals surface area contributed by atoms with E-state index in [1.807, 2.05) is 14.0 Å². The first kappa shape index (κ1) is 13.7. The molecule has 2 N–H and O–H groups in total. The van der Waals surface area contributed by atoms with Crippen molar-refractivity contribution in [1.29, 1.82) is 0 Å². The van der Waals surface area contributed by atoms with E-state index in [1.54, 1.807) is 11.7 Å². The molecule has 0 radical (unpaired) electrons. The van der Waals surface area contributed by atoms with E-state index in [-0.39, 0.29) is 5.75 Å². The van der Waals surface area contributed by atoms with E-state index in [0.717, 1.165) is 24.1 Å². The molecule has 0 amide bonds. The molecule has 0 spiro atoms. The van der Waals surface area contributed by atoms with Gasteiger partial charge in [-0.1, -0.05) is 12.1 Å². The first-order valence-corrected chi connectivity index (χ1v) is 7.21. The quantitative estimate of drug-likeness (QED) is 0.671. The summed E-state index contributed by atoms with van der Waals surface area (Å²) in [6, 6.07) is 6.40. The van der Waals surface area contributed by atoms with E-state index in [0.29, 0.717) is 11.4 Å². The fraction of sp³-hybridized carbons (Fsp3) is 0.375. The lowest BCUT2D eigenvalue weighted by Gasteiger charge is -2.06. The maximum Gasteiger partial charge on any atom is 0.171 e. The Morgan fingerprint density at radius 3 is 2.86 bits per heavy atom. The number of aryl methyl sites for hydroxylation is 3. The summed E-state index contributed by atoms with van der Waals surface area (Å²) in [4.78, 5) is 0. The highest BCUT2D eigenvalue weighted by Gasteiger charge is 2.20. The zero-order valence-corrected chi connectivity index (χ0v) is 12.6. The predicted octanol–water partition coefficient (Wildman–Crippen LogP) is 2.22. The van der Waals surface area contributed by atoms with Gasteiger partial charge in [-0.15, -0.1) is 0 Å². The summed E-state index contributed by atoms with van der Waals surface area (Å²) in [7, 11) is 3.57. The van der Waals surface area contributed by atoms with E-state index in [2.05, 4.69) is 33.8 Å². The fourth-order valence-corrected chi connectivity index (χ4v) is 3.02. The van der Waals surface area contributed by atoms with Crippen LogP contribution in [0.15, 0.2) is 23.3 Å². The number of aromatic hydroxyl groups is 1. The fourth-order valence-electron chi connectivity index (χ4n) is 3.02. The molecule has 0 saturated heterocycles. The third-order valence-electron chi connectivity index (χ3n) is 4.02. The van der Waals surface area contributed by atoms with E-state index in [4.69, 9.17) is 0 Å². The maximum absolute atomic E-state index is 10.5. The van der Waals surface area contributed by atoms with E-state index < -0.39 is 0 Å². The SMILES string of the molecule is CN/N=C(\C)c1nn(C)c(-c2ccc3c(c2)CCC3)c1O. The minimum atomic E-state index is 0.187. The molecule has 0 bridgehead atoms. The van der Waals surface area contributed by atoms with E-state index in [1.165, 1.54) is 17.5 Å². The second kappa shape index (κ2) is 5.24. The first-order chi connectivity index (χ1) is 10.1. The molecule has 1 aliphatic rings. The Balaban J connectivity index is 2.09. The Hall–Kier alpha value is -2.30. The van der Waals surface area contributed by atoms with Crippen molar-refractivity contribution < 1.29 is 5.11 Å². The number of benzene rings is 1. The van der Waals surface area contributed by atoms with Crippen molar-refractivity contribution in [2.24, 2.45) is 12.1 Å². The van der Waals surface area contributed by atoms with Crippen LogP contribution in [0.25, 0.3) is 11.3 Å². The molecule has 1 aliphatic carbocycles. The van der Waals surface area contributed by atoms with Gasteiger partial charge in [0.25, 0.3) is 0 Å². The number of hydrogen-bond acceptors (Lipinski definition) is 4. The molecule has 1 heterocycles. The van der Waals surface area contributed by atoms with E-state index in [9.17, 15) is 5.11 Å². The number of aromatic nitrogens is 2. The third-order valence-corrected chi connectivity index (χ3v) is 4.02. The van der Waals surface area contributed by atoms with Gasteiger partial charge in [0.15, 0.2) is 11.4 Å². The monoisotopic (exact) mass is 284 g/mol. The van der Waals surface area contributed by atoms with Gasteiger partial charge in [0, 0.05) is 19.7 Å². The zero-order valence-electron chi connectivity index (χ0n) is 12.6. The van der Waals surface area contributed by atoms with Crippen molar-refractivity contribution in [2.75, 3.05) is 7.05 Å². The van der Waals surface area contributed by atoms with Crippen LogP contribution in [-0.2, 0) is 19.9 Å². The Morgan fingerprint density at radius 1 is 1.33 bits per heavy atom. The molecule has 3 rings (SSSR count). The van der Waals surface area contributed by atoms with Gasteiger partial charge in [-0.25, -0.2) is 0 Å². The molecule has 0 unspecified atom stereocenters. The molecular weight excluding hydrogens is 264 g/mol. The summed E-state index contributed by atoms with van der Waals surface area (Å²) in [5.41, 5.74) is 8.46. The zero-order chi connectivity index (χ0) is 15.0. The highest BCUT2D eigenvalue weighted by Crippen LogP contribution is 2.34. The Bertz CT molecular complexity index is 715. The number of fused-ring (bicyclic) bond motifs is 1. The molecule has 1 aromatic carbocycles. The second-order valence-electron chi connectivity index (χ2n) is 5.43. The molecule has 110 valence electrons. The lowest BCUT2D eigenvalue weighted by atomic mass is 10.0. The topological polar surface area (TPSA) is 62.4 Å². The van der Waals surface area contributed by atoms with Crippen LogP contribution in [0.1, 0.15) is 30.2 Å². The van der Waals surface area contributed by atoms with Crippen LogP contribution >= 0.6 is 0 Å². The molecule has 5 heteroatoms. The normalized spacial score (nSPS) is 14.3. The number of hydrazone groups is 1. The van der Waals surface area contributed by atoms with Crippen molar-refractivity contribution in [3.8, 4) is 17.0 Å². The van der Waals surface area contributed by atoms with Crippen LogP contribution in [0.2, 0.25) is 0 Å². The largest absolute Gasteiger partial charge is 0.504 e. The van der Waals surface area contributed by atoms with Gasteiger partial charge in [0.05, 0.1) is 5.71 Å². The van der Waals surface area contributed by atoms with Crippen molar-refractivity contribution in [1.82, 2.24) is 15.2 Å².